The fourth-order valence-electron chi connectivity index (χ4n) is 2.60. The highest BCUT2D eigenvalue weighted by atomic mass is 35.5. The van der Waals surface area contributed by atoms with E-state index in [0.717, 1.165) is 17.7 Å². The number of halogens is 1. The Bertz CT molecular complexity index is 775. The van der Waals surface area contributed by atoms with Gasteiger partial charge in [0.05, 0.1) is 23.2 Å². The summed E-state index contributed by atoms with van der Waals surface area (Å²) in [6.07, 6.45) is 0.737. The average Bonchev–Trinajstić information content (AvgIpc) is 2.60. The van der Waals surface area contributed by atoms with Crippen molar-refractivity contribution in [3.05, 3.63) is 58.6 Å². The van der Waals surface area contributed by atoms with Gasteiger partial charge in [-0.2, -0.15) is 0 Å². The molecule has 0 fully saturated rings. The molecule has 0 aliphatic carbocycles. The maximum atomic E-state index is 12.6. The molecule has 0 aromatic heterocycles. The highest BCUT2D eigenvalue weighted by molar-refractivity contribution is 6.34. The third kappa shape index (κ3) is 5.23. The van der Waals surface area contributed by atoms with E-state index in [1.54, 1.807) is 18.2 Å². The van der Waals surface area contributed by atoms with E-state index in [-0.39, 0.29) is 22.9 Å². The first-order chi connectivity index (χ1) is 12.4. The van der Waals surface area contributed by atoms with E-state index in [9.17, 15) is 9.59 Å². The first-order valence-corrected chi connectivity index (χ1v) is 8.93. The lowest BCUT2D eigenvalue weighted by Crippen LogP contribution is -2.28. The van der Waals surface area contributed by atoms with Crippen LogP contribution in [0.3, 0.4) is 0 Å². The van der Waals surface area contributed by atoms with Gasteiger partial charge in [-0.25, -0.2) is 0 Å². The maximum Gasteiger partial charge on any atom is 0.253 e. The normalized spacial score (nSPS) is 11.5. The van der Waals surface area contributed by atoms with Crippen molar-refractivity contribution in [2.75, 3.05) is 11.9 Å². The largest absolute Gasteiger partial charge is 0.494 e. The highest BCUT2D eigenvalue weighted by Crippen LogP contribution is 2.24. The minimum absolute atomic E-state index is 0.135. The Labute approximate surface area is 158 Å². The van der Waals surface area contributed by atoms with E-state index in [1.165, 1.54) is 6.92 Å². The summed E-state index contributed by atoms with van der Waals surface area (Å²) in [5.41, 5.74) is 1.91. The van der Waals surface area contributed by atoms with Crippen LogP contribution in [-0.4, -0.2) is 18.4 Å². The Hall–Kier alpha value is -2.53. The molecule has 1 atom stereocenters. The summed E-state index contributed by atoms with van der Waals surface area (Å²) in [5, 5.41) is 5.93. The van der Waals surface area contributed by atoms with Crippen LogP contribution in [0, 0.1) is 0 Å². The number of amides is 2. The van der Waals surface area contributed by atoms with E-state index in [4.69, 9.17) is 16.3 Å². The third-order valence-corrected chi connectivity index (χ3v) is 4.15. The van der Waals surface area contributed by atoms with Crippen molar-refractivity contribution in [1.29, 1.82) is 0 Å². The smallest absolute Gasteiger partial charge is 0.253 e. The number of nitrogens with one attached hydrogen (secondary N) is 2. The molecule has 0 saturated heterocycles. The van der Waals surface area contributed by atoms with Crippen molar-refractivity contribution >= 4 is 29.1 Å². The minimum atomic E-state index is -0.259. The molecule has 0 radical (unpaired) electrons. The highest BCUT2D eigenvalue weighted by Gasteiger charge is 2.17. The standard InChI is InChI=1S/C20H23ClN2O3/c1-4-19(14-6-9-16(10-7-14)26-5-2)23-20(25)17-11-8-15(12-18(17)21)22-13(3)24/h6-12,19H,4-5H2,1-3H3,(H,22,24)(H,23,25). The van der Waals surface area contributed by atoms with Crippen LogP contribution < -0.4 is 15.4 Å². The topological polar surface area (TPSA) is 67.4 Å². The number of ether oxygens (including phenoxy) is 1. The summed E-state index contributed by atoms with van der Waals surface area (Å²) < 4.78 is 5.44. The number of anilines is 1. The molecule has 0 saturated carbocycles. The van der Waals surface area contributed by atoms with Crippen LogP contribution in [0.5, 0.6) is 5.75 Å². The molecule has 138 valence electrons. The Morgan fingerprint density at radius 2 is 1.81 bits per heavy atom. The van der Waals surface area contributed by atoms with Crippen LogP contribution in [-0.2, 0) is 4.79 Å². The monoisotopic (exact) mass is 374 g/mol. The van der Waals surface area contributed by atoms with Gasteiger partial charge < -0.3 is 15.4 Å². The predicted octanol–water partition coefficient (Wildman–Crippen LogP) is 4.58. The van der Waals surface area contributed by atoms with Crippen LogP contribution in [0.15, 0.2) is 42.5 Å². The fourth-order valence-corrected chi connectivity index (χ4v) is 2.87. The van der Waals surface area contributed by atoms with Crippen LogP contribution in [0.4, 0.5) is 5.69 Å². The van der Waals surface area contributed by atoms with Crippen molar-refractivity contribution in [2.45, 2.75) is 33.2 Å². The van der Waals surface area contributed by atoms with Gasteiger partial charge in [-0.15, -0.1) is 0 Å². The summed E-state index contributed by atoms with van der Waals surface area (Å²) in [6.45, 7) is 5.96. The van der Waals surface area contributed by atoms with E-state index in [2.05, 4.69) is 10.6 Å². The molecule has 0 spiro atoms. The quantitative estimate of drug-likeness (QED) is 0.745. The van der Waals surface area contributed by atoms with E-state index < -0.39 is 0 Å². The molecule has 2 amide bonds. The van der Waals surface area contributed by atoms with Crippen LogP contribution >= 0.6 is 11.6 Å². The van der Waals surface area contributed by atoms with Gasteiger partial charge in [0.1, 0.15) is 5.75 Å². The first-order valence-electron chi connectivity index (χ1n) is 8.55. The van der Waals surface area contributed by atoms with Crippen molar-refractivity contribution in [2.24, 2.45) is 0 Å². The zero-order valence-electron chi connectivity index (χ0n) is 15.1. The molecule has 1 unspecified atom stereocenters. The zero-order chi connectivity index (χ0) is 19.1. The van der Waals surface area contributed by atoms with Gasteiger partial charge in [-0.3, -0.25) is 9.59 Å². The van der Waals surface area contributed by atoms with E-state index in [1.807, 2.05) is 38.1 Å². The summed E-state index contributed by atoms with van der Waals surface area (Å²) in [4.78, 5) is 23.7. The molecular formula is C20H23ClN2O3. The summed E-state index contributed by atoms with van der Waals surface area (Å²) >= 11 is 6.21. The van der Waals surface area contributed by atoms with Crippen LogP contribution in [0.25, 0.3) is 0 Å². The molecule has 0 aliphatic rings. The van der Waals surface area contributed by atoms with Gasteiger partial charge in [0.15, 0.2) is 0 Å². The predicted molar refractivity (Wildman–Crippen MR) is 104 cm³/mol. The molecule has 2 rings (SSSR count). The molecule has 2 N–H and O–H groups in total. The molecule has 0 bridgehead atoms. The Morgan fingerprint density at radius 3 is 2.35 bits per heavy atom. The number of benzene rings is 2. The SMILES string of the molecule is CCOc1ccc(C(CC)NC(=O)c2ccc(NC(C)=O)cc2Cl)cc1. The van der Waals surface area contributed by atoms with Crippen molar-refractivity contribution < 1.29 is 14.3 Å². The molecular weight excluding hydrogens is 352 g/mol. The van der Waals surface area contributed by atoms with Gasteiger partial charge in [-0.05, 0) is 49.2 Å². The molecule has 26 heavy (non-hydrogen) atoms. The van der Waals surface area contributed by atoms with Crippen molar-refractivity contribution in [1.82, 2.24) is 5.32 Å². The number of hydrogen-bond acceptors (Lipinski definition) is 3. The van der Waals surface area contributed by atoms with Crippen LogP contribution in [0.1, 0.15) is 49.2 Å². The molecule has 2 aromatic carbocycles. The Morgan fingerprint density at radius 1 is 1.12 bits per heavy atom. The molecule has 5 nitrogen and oxygen atoms in total. The second-order valence-corrected chi connectivity index (χ2v) is 6.22. The lowest BCUT2D eigenvalue weighted by molar-refractivity contribution is -0.114. The maximum absolute atomic E-state index is 12.6. The minimum Gasteiger partial charge on any atom is -0.494 e. The van der Waals surface area contributed by atoms with E-state index >= 15 is 0 Å². The van der Waals surface area contributed by atoms with Gasteiger partial charge in [0.2, 0.25) is 5.91 Å². The van der Waals surface area contributed by atoms with E-state index in [0.29, 0.717) is 17.9 Å². The molecule has 2 aromatic rings. The van der Waals surface area contributed by atoms with Gasteiger partial charge in [0, 0.05) is 12.6 Å². The van der Waals surface area contributed by atoms with Gasteiger partial charge >= 0.3 is 0 Å². The second-order valence-electron chi connectivity index (χ2n) is 5.81. The Kier molecular flexibility index (Phi) is 7.04. The van der Waals surface area contributed by atoms with Crippen LogP contribution in [0.2, 0.25) is 5.02 Å². The van der Waals surface area contributed by atoms with Crippen molar-refractivity contribution in [3.63, 3.8) is 0 Å². The fraction of sp³-hybridized carbons (Fsp3) is 0.300. The van der Waals surface area contributed by atoms with Crippen molar-refractivity contribution in [3.8, 4) is 5.75 Å². The molecule has 0 aliphatic heterocycles. The lowest BCUT2D eigenvalue weighted by Gasteiger charge is -2.18. The Balaban J connectivity index is 2.12. The summed E-state index contributed by atoms with van der Waals surface area (Å²) in [7, 11) is 0. The average molecular weight is 375 g/mol. The summed E-state index contributed by atoms with van der Waals surface area (Å²) in [6, 6.07) is 12.4. The molecule has 0 heterocycles. The lowest BCUT2D eigenvalue weighted by atomic mass is 10.0. The number of carbonyl (C=O) groups is 2. The number of hydrogen-bond donors (Lipinski definition) is 2. The van der Waals surface area contributed by atoms with Gasteiger partial charge in [-0.1, -0.05) is 30.7 Å². The second kappa shape index (κ2) is 9.25. The zero-order valence-corrected chi connectivity index (χ0v) is 15.9. The molecule has 6 heteroatoms. The summed E-state index contributed by atoms with van der Waals surface area (Å²) in [5.74, 6) is 0.346. The first kappa shape index (κ1) is 19.8. The number of rotatable bonds is 7. The number of carbonyl (C=O) groups excluding carboxylic acids is 2. The third-order valence-electron chi connectivity index (χ3n) is 3.84. The van der Waals surface area contributed by atoms with Gasteiger partial charge in [0.25, 0.3) is 5.91 Å².